The van der Waals surface area contributed by atoms with Crippen molar-refractivity contribution in [2.24, 2.45) is 0 Å². The average molecular weight is 351 g/mol. The van der Waals surface area contributed by atoms with E-state index in [2.05, 4.69) is 0 Å². The van der Waals surface area contributed by atoms with Gasteiger partial charge < -0.3 is 5.11 Å². The van der Waals surface area contributed by atoms with Gasteiger partial charge in [-0.15, -0.1) is 0 Å². The molecule has 1 aromatic rings. The highest BCUT2D eigenvalue weighted by molar-refractivity contribution is 7.89. The minimum absolute atomic E-state index is 0.00594. The minimum Gasteiger partial charge on any atom is -0.480 e. The molecule has 22 heavy (non-hydrogen) atoms. The second kappa shape index (κ2) is 7.52. The number of hydrogen-bond acceptors (Lipinski definition) is 5. The highest BCUT2D eigenvalue weighted by Crippen LogP contribution is 2.27. The summed E-state index contributed by atoms with van der Waals surface area (Å²) in [5.74, 6) is -1.34. The lowest BCUT2D eigenvalue weighted by Gasteiger charge is -2.14. The standard InChI is InChI=1S/C12H15ClN2O6S/c1-2-3-4-9(12(16)17)14-22(20,21)11-6-5-8(13)7-10(11)15(18)19/h5-7,9,14H,2-4H2,1H3,(H,16,17)/t9-/m0/s1. The van der Waals surface area contributed by atoms with Crippen molar-refractivity contribution in [2.45, 2.75) is 37.1 Å². The van der Waals surface area contributed by atoms with Crippen molar-refractivity contribution in [1.29, 1.82) is 0 Å². The van der Waals surface area contributed by atoms with Gasteiger partial charge >= 0.3 is 5.97 Å². The van der Waals surface area contributed by atoms with Crippen LogP contribution in [-0.4, -0.2) is 30.5 Å². The molecule has 0 aliphatic carbocycles. The van der Waals surface area contributed by atoms with Gasteiger partial charge in [0, 0.05) is 11.1 Å². The van der Waals surface area contributed by atoms with Crippen molar-refractivity contribution >= 4 is 33.3 Å². The number of carboxylic acid groups (broad SMARTS) is 1. The Hall–Kier alpha value is -1.71. The Morgan fingerprint density at radius 3 is 2.64 bits per heavy atom. The maximum atomic E-state index is 12.2. The molecule has 0 amide bonds. The van der Waals surface area contributed by atoms with Crippen LogP contribution in [0.1, 0.15) is 26.2 Å². The number of halogens is 1. The summed E-state index contributed by atoms with van der Waals surface area (Å²) in [4.78, 5) is 20.5. The zero-order chi connectivity index (χ0) is 16.9. The van der Waals surface area contributed by atoms with Crippen LogP contribution in [0.15, 0.2) is 23.1 Å². The summed E-state index contributed by atoms with van der Waals surface area (Å²) in [6.45, 7) is 1.83. The first-order chi connectivity index (χ1) is 10.2. The SMILES string of the molecule is CCCC[C@H](NS(=O)(=O)c1ccc(Cl)cc1[N+](=O)[O-])C(=O)O. The molecule has 0 radical (unpaired) electrons. The highest BCUT2D eigenvalue weighted by atomic mass is 35.5. The number of nitro groups is 1. The normalized spacial score (nSPS) is 12.8. The summed E-state index contributed by atoms with van der Waals surface area (Å²) < 4.78 is 26.4. The van der Waals surface area contributed by atoms with E-state index in [4.69, 9.17) is 16.7 Å². The van der Waals surface area contributed by atoms with Crippen molar-refractivity contribution in [3.8, 4) is 0 Å². The van der Waals surface area contributed by atoms with Crippen LogP contribution in [0.2, 0.25) is 5.02 Å². The number of rotatable bonds is 8. The van der Waals surface area contributed by atoms with Gasteiger partial charge in [0.05, 0.1) is 4.92 Å². The molecule has 0 aromatic heterocycles. The number of benzene rings is 1. The summed E-state index contributed by atoms with van der Waals surface area (Å²) in [7, 11) is -4.36. The lowest BCUT2D eigenvalue weighted by atomic mass is 10.1. The van der Waals surface area contributed by atoms with Crippen molar-refractivity contribution in [1.82, 2.24) is 4.72 Å². The van der Waals surface area contributed by atoms with Gasteiger partial charge in [-0.05, 0) is 18.6 Å². The fourth-order valence-corrected chi connectivity index (χ4v) is 3.29. The lowest BCUT2D eigenvalue weighted by Crippen LogP contribution is -2.40. The van der Waals surface area contributed by atoms with Crippen LogP contribution in [-0.2, 0) is 14.8 Å². The van der Waals surface area contributed by atoms with Gasteiger partial charge in [-0.3, -0.25) is 14.9 Å². The van der Waals surface area contributed by atoms with Crippen LogP contribution in [0.5, 0.6) is 0 Å². The maximum Gasteiger partial charge on any atom is 0.321 e. The molecule has 0 bridgehead atoms. The van der Waals surface area contributed by atoms with E-state index in [1.165, 1.54) is 6.07 Å². The zero-order valence-electron chi connectivity index (χ0n) is 11.7. The van der Waals surface area contributed by atoms with Crippen LogP contribution < -0.4 is 4.72 Å². The molecule has 0 fully saturated rings. The van der Waals surface area contributed by atoms with E-state index in [9.17, 15) is 23.3 Å². The first kappa shape index (κ1) is 18.3. The van der Waals surface area contributed by atoms with Crippen molar-refractivity contribution < 1.29 is 23.2 Å². The van der Waals surface area contributed by atoms with Gasteiger partial charge in [-0.25, -0.2) is 8.42 Å². The Morgan fingerprint density at radius 1 is 1.50 bits per heavy atom. The number of nitrogens with zero attached hydrogens (tertiary/aromatic N) is 1. The molecule has 0 heterocycles. The maximum absolute atomic E-state index is 12.2. The molecule has 0 aliphatic heterocycles. The second-order valence-electron chi connectivity index (χ2n) is 4.52. The molecule has 2 N–H and O–H groups in total. The molecule has 122 valence electrons. The first-order valence-corrected chi connectivity index (χ1v) is 8.24. The largest absolute Gasteiger partial charge is 0.480 e. The Labute approximate surface area is 132 Å². The summed E-state index contributed by atoms with van der Waals surface area (Å²) >= 11 is 5.62. The minimum atomic E-state index is -4.36. The second-order valence-corrected chi connectivity index (χ2v) is 6.64. The van der Waals surface area contributed by atoms with E-state index in [0.717, 1.165) is 12.1 Å². The topological polar surface area (TPSA) is 127 Å². The fraction of sp³-hybridized carbons (Fsp3) is 0.417. The summed E-state index contributed by atoms with van der Waals surface area (Å²) in [5, 5.41) is 20.0. The molecule has 1 aromatic carbocycles. The lowest BCUT2D eigenvalue weighted by molar-refractivity contribution is -0.387. The predicted octanol–water partition coefficient (Wildman–Crippen LogP) is 2.17. The summed E-state index contributed by atoms with van der Waals surface area (Å²) in [6.07, 6.45) is 1.28. The first-order valence-electron chi connectivity index (χ1n) is 6.38. The smallest absolute Gasteiger partial charge is 0.321 e. The van der Waals surface area contributed by atoms with E-state index in [1.807, 2.05) is 11.6 Å². The van der Waals surface area contributed by atoms with Crippen LogP contribution in [0.25, 0.3) is 0 Å². The average Bonchev–Trinajstić information content (AvgIpc) is 2.42. The van der Waals surface area contributed by atoms with Gasteiger partial charge in [0.25, 0.3) is 5.69 Å². The molecule has 1 rings (SSSR count). The van der Waals surface area contributed by atoms with E-state index < -0.39 is 37.5 Å². The van der Waals surface area contributed by atoms with Gasteiger partial charge in [0.2, 0.25) is 10.0 Å². The molecule has 0 spiro atoms. The fourth-order valence-electron chi connectivity index (χ4n) is 1.75. The summed E-state index contributed by atoms with van der Waals surface area (Å²) in [6, 6.07) is 1.71. The Morgan fingerprint density at radius 2 is 2.14 bits per heavy atom. The number of aliphatic carboxylic acids is 1. The van der Waals surface area contributed by atoms with E-state index >= 15 is 0 Å². The van der Waals surface area contributed by atoms with Gasteiger partial charge in [0.1, 0.15) is 6.04 Å². The Balaban J connectivity index is 3.18. The van der Waals surface area contributed by atoms with E-state index in [0.29, 0.717) is 12.8 Å². The third-order valence-corrected chi connectivity index (χ3v) is 4.60. The van der Waals surface area contributed by atoms with E-state index in [-0.39, 0.29) is 11.4 Å². The monoisotopic (exact) mass is 350 g/mol. The number of sulfonamides is 1. The van der Waals surface area contributed by atoms with E-state index in [1.54, 1.807) is 0 Å². The van der Waals surface area contributed by atoms with Gasteiger partial charge in [-0.1, -0.05) is 31.4 Å². The molecular weight excluding hydrogens is 336 g/mol. The zero-order valence-corrected chi connectivity index (χ0v) is 13.2. The molecule has 0 saturated heterocycles. The van der Waals surface area contributed by atoms with Gasteiger partial charge in [-0.2, -0.15) is 4.72 Å². The third-order valence-electron chi connectivity index (χ3n) is 2.85. The molecule has 0 aliphatic rings. The highest BCUT2D eigenvalue weighted by Gasteiger charge is 2.30. The quantitative estimate of drug-likeness (QED) is 0.546. The van der Waals surface area contributed by atoms with Crippen molar-refractivity contribution in [3.63, 3.8) is 0 Å². The van der Waals surface area contributed by atoms with Crippen LogP contribution in [0.3, 0.4) is 0 Å². The summed E-state index contributed by atoms with van der Waals surface area (Å²) in [5.41, 5.74) is -0.709. The predicted molar refractivity (Wildman–Crippen MR) is 79.4 cm³/mol. The molecular formula is C12H15ClN2O6S. The number of carboxylic acids is 1. The molecule has 0 unspecified atom stereocenters. The molecule has 8 nitrogen and oxygen atoms in total. The van der Waals surface area contributed by atoms with Crippen LogP contribution >= 0.6 is 11.6 Å². The molecule has 0 saturated carbocycles. The van der Waals surface area contributed by atoms with Gasteiger partial charge in [0.15, 0.2) is 4.90 Å². The number of unbranched alkanes of at least 4 members (excludes halogenated alkanes) is 1. The van der Waals surface area contributed by atoms with Crippen LogP contribution in [0.4, 0.5) is 5.69 Å². The number of carbonyl (C=O) groups is 1. The Bertz CT molecular complexity index is 676. The van der Waals surface area contributed by atoms with Crippen LogP contribution in [0, 0.1) is 10.1 Å². The molecule has 1 atom stereocenters. The van der Waals surface area contributed by atoms with Crippen molar-refractivity contribution in [2.75, 3.05) is 0 Å². The Kier molecular flexibility index (Phi) is 6.27. The number of nitro benzene ring substituents is 1. The third kappa shape index (κ3) is 4.65. The number of nitrogens with one attached hydrogen (secondary N) is 1. The van der Waals surface area contributed by atoms with Crippen molar-refractivity contribution in [3.05, 3.63) is 33.3 Å². The number of hydrogen-bond donors (Lipinski definition) is 2. The molecule has 10 heteroatoms.